The van der Waals surface area contributed by atoms with Gasteiger partial charge in [-0.3, -0.25) is 9.59 Å². The van der Waals surface area contributed by atoms with Crippen LogP contribution in [0.4, 0.5) is 0 Å². The normalized spacial score (nSPS) is 24.6. The first kappa shape index (κ1) is 14.0. The van der Waals surface area contributed by atoms with Crippen molar-refractivity contribution in [1.82, 2.24) is 5.32 Å². The fourth-order valence-corrected chi connectivity index (χ4v) is 2.07. The third kappa shape index (κ3) is 4.34. The molecule has 2 atom stereocenters. The van der Waals surface area contributed by atoms with E-state index in [9.17, 15) is 9.59 Å². The number of amides is 1. The van der Waals surface area contributed by atoms with Crippen molar-refractivity contribution in [1.29, 1.82) is 0 Å². The Kier molecular flexibility index (Phi) is 4.51. The van der Waals surface area contributed by atoms with Crippen LogP contribution in [-0.2, 0) is 14.3 Å². The minimum atomic E-state index is -0.765. The van der Waals surface area contributed by atoms with E-state index >= 15 is 0 Å². The zero-order valence-corrected chi connectivity index (χ0v) is 10.7. The van der Waals surface area contributed by atoms with Crippen LogP contribution in [0.15, 0.2) is 0 Å². The summed E-state index contributed by atoms with van der Waals surface area (Å²) in [6, 6.07) is -0.00347. The highest BCUT2D eigenvalue weighted by molar-refractivity contribution is 5.77. The van der Waals surface area contributed by atoms with Crippen molar-refractivity contribution < 1.29 is 19.4 Å². The minimum absolute atomic E-state index is 0.00347. The third-order valence-corrected chi connectivity index (χ3v) is 3.29. The second kappa shape index (κ2) is 5.49. The fourth-order valence-electron chi connectivity index (χ4n) is 2.07. The molecule has 0 unspecified atom stereocenters. The van der Waals surface area contributed by atoms with Gasteiger partial charge in [0.25, 0.3) is 0 Å². The van der Waals surface area contributed by atoms with E-state index in [-0.39, 0.29) is 24.3 Å². The quantitative estimate of drug-likeness (QED) is 0.760. The summed E-state index contributed by atoms with van der Waals surface area (Å²) in [6.45, 7) is 3.70. The number of methoxy groups -OCH3 is 1. The van der Waals surface area contributed by atoms with Crippen molar-refractivity contribution >= 4 is 11.9 Å². The van der Waals surface area contributed by atoms with E-state index in [0.717, 1.165) is 6.42 Å². The Balaban J connectivity index is 2.36. The lowest BCUT2D eigenvalue weighted by Gasteiger charge is -2.23. The van der Waals surface area contributed by atoms with Crippen LogP contribution < -0.4 is 5.32 Å². The first-order chi connectivity index (χ1) is 7.84. The van der Waals surface area contributed by atoms with E-state index in [4.69, 9.17) is 9.84 Å². The second-order valence-corrected chi connectivity index (χ2v) is 5.25. The molecule has 1 amide bonds. The number of carboxylic acids is 1. The SMILES string of the molecule is COC(C)(C)CC(=O)N[C@H]1CC[C@@H](C(=O)O)C1. The summed E-state index contributed by atoms with van der Waals surface area (Å²) < 4.78 is 5.18. The lowest BCUT2D eigenvalue weighted by molar-refractivity contribution is -0.141. The van der Waals surface area contributed by atoms with Crippen LogP contribution in [0, 0.1) is 5.92 Å². The largest absolute Gasteiger partial charge is 0.481 e. The van der Waals surface area contributed by atoms with Crippen molar-refractivity contribution in [2.75, 3.05) is 7.11 Å². The average molecular weight is 243 g/mol. The summed E-state index contributed by atoms with van der Waals surface area (Å²) >= 11 is 0. The molecule has 1 aliphatic carbocycles. The van der Waals surface area contributed by atoms with Gasteiger partial charge in [-0.25, -0.2) is 0 Å². The number of ether oxygens (including phenoxy) is 1. The summed E-state index contributed by atoms with van der Waals surface area (Å²) in [5, 5.41) is 11.7. The van der Waals surface area contributed by atoms with Gasteiger partial charge in [0, 0.05) is 13.2 Å². The molecular weight excluding hydrogens is 222 g/mol. The number of hydrogen-bond donors (Lipinski definition) is 2. The van der Waals surface area contributed by atoms with Gasteiger partial charge in [0.15, 0.2) is 0 Å². The highest BCUT2D eigenvalue weighted by Gasteiger charge is 2.31. The van der Waals surface area contributed by atoms with Crippen LogP contribution >= 0.6 is 0 Å². The standard InChI is InChI=1S/C12H21NO4/c1-12(2,17-3)7-10(14)13-9-5-4-8(6-9)11(15)16/h8-9H,4-7H2,1-3H3,(H,13,14)(H,15,16)/t8-,9+/m1/s1. The Morgan fingerprint density at radius 2 is 2.06 bits per heavy atom. The van der Waals surface area contributed by atoms with Crippen molar-refractivity contribution in [3.8, 4) is 0 Å². The molecule has 0 aromatic carbocycles. The number of carbonyl (C=O) groups excluding carboxylic acids is 1. The van der Waals surface area contributed by atoms with Crippen LogP contribution in [0.3, 0.4) is 0 Å². The van der Waals surface area contributed by atoms with Crippen molar-refractivity contribution in [3.05, 3.63) is 0 Å². The summed E-state index contributed by atoms with van der Waals surface area (Å²) in [5.74, 6) is -1.15. The third-order valence-electron chi connectivity index (χ3n) is 3.29. The number of nitrogens with one attached hydrogen (secondary N) is 1. The van der Waals surface area contributed by atoms with Crippen LogP contribution in [0.25, 0.3) is 0 Å². The molecule has 5 nitrogen and oxygen atoms in total. The predicted molar refractivity (Wildman–Crippen MR) is 62.6 cm³/mol. The minimum Gasteiger partial charge on any atom is -0.481 e. The molecule has 1 aliphatic rings. The van der Waals surface area contributed by atoms with Gasteiger partial charge < -0.3 is 15.2 Å². The Morgan fingerprint density at radius 1 is 1.41 bits per heavy atom. The molecule has 0 aromatic heterocycles. The van der Waals surface area contributed by atoms with Crippen LogP contribution in [0.2, 0.25) is 0 Å². The first-order valence-corrected chi connectivity index (χ1v) is 5.91. The Hall–Kier alpha value is -1.10. The van der Waals surface area contributed by atoms with Crippen molar-refractivity contribution in [3.63, 3.8) is 0 Å². The van der Waals surface area contributed by atoms with Gasteiger partial charge in [-0.05, 0) is 33.1 Å². The molecule has 1 saturated carbocycles. The average Bonchev–Trinajstić information content (AvgIpc) is 2.65. The zero-order valence-electron chi connectivity index (χ0n) is 10.7. The van der Waals surface area contributed by atoms with Gasteiger partial charge in [-0.2, -0.15) is 0 Å². The molecule has 0 bridgehead atoms. The molecule has 1 rings (SSSR count). The molecule has 0 saturated heterocycles. The maximum Gasteiger partial charge on any atom is 0.306 e. The van der Waals surface area contributed by atoms with E-state index in [0.29, 0.717) is 12.8 Å². The molecule has 0 spiro atoms. The maximum absolute atomic E-state index is 11.7. The Labute approximate surface area is 102 Å². The molecule has 98 valence electrons. The molecule has 0 aromatic rings. The smallest absolute Gasteiger partial charge is 0.306 e. The van der Waals surface area contributed by atoms with Gasteiger partial charge in [-0.15, -0.1) is 0 Å². The van der Waals surface area contributed by atoms with Gasteiger partial charge in [-0.1, -0.05) is 0 Å². The maximum atomic E-state index is 11.7. The first-order valence-electron chi connectivity index (χ1n) is 5.91. The van der Waals surface area contributed by atoms with Crippen LogP contribution in [0.1, 0.15) is 39.5 Å². The van der Waals surface area contributed by atoms with Crippen molar-refractivity contribution in [2.24, 2.45) is 5.92 Å². The molecule has 1 fully saturated rings. The number of rotatable bonds is 5. The van der Waals surface area contributed by atoms with Gasteiger partial charge >= 0.3 is 5.97 Å². The molecule has 0 radical (unpaired) electrons. The topological polar surface area (TPSA) is 75.6 Å². The molecule has 5 heteroatoms. The van der Waals surface area contributed by atoms with E-state index in [1.165, 1.54) is 0 Å². The number of aliphatic carboxylic acids is 1. The molecule has 0 heterocycles. The summed E-state index contributed by atoms with van der Waals surface area (Å²) in [4.78, 5) is 22.5. The van der Waals surface area contributed by atoms with Crippen LogP contribution in [0.5, 0.6) is 0 Å². The highest BCUT2D eigenvalue weighted by Crippen LogP contribution is 2.26. The molecule has 0 aliphatic heterocycles. The summed E-state index contributed by atoms with van der Waals surface area (Å²) in [6.07, 6.45) is 2.22. The second-order valence-electron chi connectivity index (χ2n) is 5.25. The molecule has 17 heavy (non-hydrogen) atoms. The van der Waals surface area contributed by atoms with Gasteiger partial charge in [0.2, 0.25) is 5.91 Å². The number of hydrogen-bond acceptors (Lipinski definition) is 3. The monoisotopic (exact) mass is 243 g/mol. The van der Waals surface area contributed by atoms with E-state index in [1.807, 2.05) is 13.8 Å². The Morgan fingerprint density at radius 3 is 2.53 bits per heavy atom. The lowest BCUT2D eigenvalue weighted by Crippen LogP contribution is -2.38. The van der Waals surface area contributed by atoms with Crippen molar-refractivity contribution in [2.45, 2.75) is 51.2 Å². The predicted octanol–water partition coefficient (Wildman–Crippen LogP) is 1.17. The van der Waals surface area contributed by atoms with E-state index < -0.39 is 11.6 Å². The van der Waals surface area contributed by atoms with Crippen LogP contribution in [-0.4, -0.2) is 35.7 Å². The van der Waals surface area contributed by atoms with Gasteiger partial charge in [0.1, 0.15) is 0 Å². The summed E-state index contributed by atoms with van der Waals surface area (Å²) in [7, 11) is 1.57. The number of carbonyl (C=O) groups is 2. The number of carboxylic acid groups (broad SMARTS) is 1. The highest BCUT2D eigenvalue weighted by atomic mass is 16.5. The van der Waals surface area contributed by atoms with Gasteiger partial charge in [0.05, 0.1) is 17.9 Å². The fraction of sp³-hybridized carbons (Fsp3) is 0.833. The zero-order chi connectivity index (χ0) is 13.1. The van der Waals surface area contributed by atoms with E-state index in [2.05, 4.69) is 5.32 Å². The summed E-state index contributed by atoms with van der Waals surface area (Å²) in [5.41, 5.74) is -0.477. The molecular formula is C12H21NO4. The Bertz CT molecular complexity index is 301. The molecule has 2 N–H and O–H groups in total. The lowest BCUT2D eigenvalue weighted by atomic mass is 10.0. The van der Waals surface area contributed by atoms with E-state index in [1.54, 1.807) is 7.11 Å².